The van der Waals surface area contributed by atoms with Gasteiger partial charge < -0.3 is 14.2 Å². The van der Waals surface area contributed by atoms with E-state index in [2.05, 4.69) is 20.4 Å². The summed E-state index contributed by atoms with van der Waals surface area (Å²) in [6.45, 7) is 9.44. The van der Waals surface area contributed by atoms with Gasteiger partial charge in [0.05, 0.1) is 18.4 Å². The van der Waals surface area contributed by atoms with E-state index in [1.54, 1.807) is 6.92 Å². The van der Waals surface area contributed by atoms with E-state index in [4.69, 9.17) is 14.2 Å². The Morgan fingerprint density at radius 2 is 1.93 bits per heavy atom. The van der Waals surface area contributed by atoms with Crippen LogP contribution in [0.5, 0.6) is 0 Å². The molecule has 1 heterocycles. The van der Waals surface area contributed by atoms with Gasteiger partial charge in [0.25, 0.3) is 0 Å². The molecule has 0 radical (unpaired) electrons. The molecule has 150 valence electrons. The minimum absolute atomic E-state index is 0.120. The van der Waals surface area contributed by atoms with Crippen molar-refractivity contribution in [3.8, 4) is 0 Å². The van der Waals surface area contributed by atoms with Crippen molar-refractivity contribution >= 4 is 17.9 Å². The molecule has 0 spiro atoms. The number of carbonyl (C=O) groups excluding carboxylic acids is 3. The number of carbonyl (C=O) groups is 3. The van der Waals surface area contributed by atoms with E-state index in [1.807, 2.05) is 0 Å². The van der Waals surface area contributed by atoms with Crippen molar-refractivity contribution < 1.29 is 28.6 Å². The van der Waals surface area contributed by atoms with E-state index in [1.165, 1.54) is 0 Å². The Hall–Kier alpha value is -1.85. The van der Waals surface area contributed by atoms with E-state index >= 15 is 0 Å². The van der Waals surface area contributed by atoms with Crippen molar-refractivity contribution in [2.45, 2.75) is 71.0 Å². The van der Waals surface area contributed by atoms with Crippen LogP contribution in [0.1, 0.15) is 59.3 Å². The summed E-state index contributed by atoms with van der Waals surface area (Å²) < 4.78 is 16.8. The topological polar surface area (TPSA) is 78.9 Å². The fourth-order valence-electron chi connectivity index (χ4n) is 4.68. The van der Waals surface area contributed by atoms with E-state index in [-0.39, 0.29) is 36.5 Å². The molecular formula is C21H30O6. The number of ether oxygens (including phenoxy) is 3. The first-order chi connectivity index (χ1) is 12.7. The number of fused-ring (bicyclic) bond motifs is 2. The molecule has 4 unspecified atom stereocenters. The molecule has 4 atom stereocenters. The molecule has 0 aromatic carbocycles. The number of hydrogen-bond acceptors (Lipinski definition) is 6. The van der Waals surface area contributed by atoms with Crippen molar-refractivity contribution in [3.63, 3.8) is 0 Å². The fourth-order valence-corrected chi connectivity index (χ4v) is 4.68. The molecule has 2 aliphatic carbocycles. The van der Waals surface area contributed by atoms with Crippen molar-refractivity contribution in [1.29, 1.82) is 0 Å². The van der Waals surface area contributed by atoms with Gasteiger partial charge in [0.15, 0.2) is 0 Å². The van der Waals surface area contributed by atoms with Crippen LogP contribution in [-0.2, 0) is 28.6 Å². The quantitative estimate of drug-likeness (QED) is 0.401. The highest BCUT2D eigenvalue weighted by Gasteiger charge is 2.53. The number of rotatable bonds is 6. The van der Waals surface area contributed by atoms with Gasteiger partial charge in [0, 0.05) is 11.5 Å². The molecule has 0 aromatic rings. The van der Waals surface area contributed by atoms with Gasteiger partial charge in [-0.25, -0.2) is 4.79 Å². The van der Waals surface area contributed by atoms with Crippen LogP contribution in [0.25, 0.3) is 0 Å². The molecule has 3 rings (SSSR count). The third kappa shape index (κ3) is 3.90. The molecule has 0 aromatic heterocycles. The van der Waals surface area contributed by atoms with E-state index < -0.39 is 23.4 Å². The average molecular weight is 378 g/mol. The highest BCUT2D eigenvalue weighted by atomic mass is 16.6. The first-order valence-electron chi connectivity index (χ1n) is 9.99. The highest BCUT2D eigenvalue weighted by molar-refractivity contribution is 5.87. The van der Waals surface area contributed by atoms with Crippen LogP contribution in [0.15, 0.2) is 12.2 Å². The molecule has 6 heteroatoms. The molecule has 6 nitrogen and oxygen atoms in total. The van der Waals surface area contributed by atoms with Crippen molar-refractivity contribution in [1.82, 2.24) is 0 Å². The largest absolute Gasteiger partial charge is 0.462 e. The predicted molar refractivity (Wildman–Crippen MR) is 97.5 cm³/mol. The lowest BCUT2D eigenvalue weighted by atomic mass is 9.74. The maximum atomic E-state index is 13.0. The zero-order valence-corrected chi connectivity index (χ0v) is 16.5. The second kappa shape index (κ2) is 7.64. The number of esters is 3. The van der Waals surface area contributed by atoms with E-state index in [9.17, 15) is 14.4 Å². The van der Waals surface area contributed by atoms with Crippen LogP contribution in [0.4, 0.5) is 0 Å². The van der Waals surface area contributed by atoms with Gasteiger partial charge >= 0.3 is 17.9 Å². The lowest BCUT2D eigenvalue weighted by molar-refractivity contribution is -0.174. The molecule has 27 heavy (non-hydrogen) atoms. The summed E-state index contributed by atoms with van der Waals surface area (Å²) in [5, 5.41) is 0. The molecule has 3 fully saturated rings. The minimum atomic E-state index is -0.527. The standard InChI is InChI=1S/C21H30O6/c1-12(2)18(22)25-11-14-9-15(16-10-17(14)26-19(16)23)20(24)27-21(13(3)4)7-5-6-8-21/h13-17H,1,5-11H2,2-4H3. The van der Waals surface area contributed by atoms with Gasteiger partial charge in [-0.2, -0.15) is 0 Å². The van der Waals surface area contributed by atoms with Crippen LogP contribution >= 0.6 is 0 Å². The lowest BCUT2D eigenvalue weighted by Gasteiger charge is -2.37. The normalized spacial score (nSPS) is 31.5. The summed E-state index contributed by atoms with van der Waals surface area (Å²) in [4.78, 5) is 37.0. The van der Waals surface area contributed by atoms with E-state index in [0.29, 0.717) is 18.4 Å². The van der Waals surface area contributed by atoms with Gasteiger partial charge in [-0.05, 0) is 51.4 Å². The lowest BCUT2D eigenvalue weighted by Crippen LogP contribution is -2.43. The molecule has 2 bridgehead atoms. The SMILES string of the molecule is C=C(C)C(=O)OCC1CC(C(=O)OC2(C(C)C)CCCC2)C2CC1OC2=O. The maximum Gasteiger partial charge on any atom is 0.333 e. The third-order valence-corrected chi connectivity index (χ3v) is 6.51. The summed E-state index contributed by atoms with van der Waals surface area (Å²) in [7, 11) is 0. The summed E-state index contributed by atoms with van der Waals surface area (Å²) >= 11 is 0. The average Bonchev–Trinajstić information content (AvgIpc) is 3.20. The Kier molecular flexibility index (Phi) is 5.63. The Bertz CT molecular complexity index is 631. The predicted octanol–water partition coefficient (Wildman–Crippen LogP) is 3.19. The van der Waals surface area contributed by atoms with E-state index in [0.717, 1.165) is 25.7 Å². The fraction of sp³-hybridized carbons (Fsp3) is 0.762. The van der Waals surface area contributed by atoms with Crippen LogP contribution < -0.4 is 0 Å². The number of hydrogen-bond donors (Lipinski definition) is 0. The molecule has 1 aliphatic heterocycles. The minimum Gasteiger partial charge on any atom is -0.462 e. The Morgan fingerprint density at radius 3 is 2.52 bits per heavy atom. The Morgan fingerprint density at radius 1 is 1.26 bits per heavy atom. The van der Waals surface area contributed by atoms with Crippen LogP contribution in [0.2, 0.25) is 0 Å². The van der Waals surface area contributed by atoms with Gasteiger partial charge in [0.2, 0.25) is 0 Å². The first-order valence-corrected chi connectivity index (χ1v) is 9.99. The Labute approximate surface area is 160 Å². The second-order valence-electron chi connectivity index (χ2n) is 8.65. The molecule has 0 N–H and O–H groups in total. The van der Waals surface area contributed by atoms with Gasteiger partial charge in [0.1, 0.15) is 11.7 Å². The molecule has 0 amide bonds. The van der Waals surface area contributed by atoms with Crippen molar-refractivity contribution in [2.75, 3.05) is 6.61 Å². The molecule has 1 saturated heterocycles. The summed E-state index contributed by atoms with van der Waals surface area (Å²) in [6.07, 6.45) is 4.50. The van der Waals surface area contributed by atoms with Gasteiger partial charge in [-0.1, -0.05) is 20.4 Å². The van der Waals surface area contributed by atoms with Crippen molar-refractivity contribution in [3.05, 3.63) is 12.2 Å². The summed E-state index contributed by atoms with van der Waals surface area (Å²) in [6, 6.07) is 0. The maximum absolute atomic E-state index is 13.0. The zero-order chi connectivity index (χ0) is 19.8. The smallest absolute Gasteiger partial charge is 0.333 e. The third-order valence-electron chi connectivity index (χ3n) is 6.51. The molecule has 3 aliphatic rings. The summed E-state index contributed by atoms with van der Waals surface area (Å²) in [5.74, 6) is -2.02. The zero-order valence-electron chi connectivity index (χ0n) is 16.5. The van der Waals surface area contributed by atoms with Crippen LogP contribution in [0, 0.1) is 23.7 Å². The van der Waals surface area contributed by atoms with Crippen LogP contribution in [0.3, 0.4) is 0 Å². The second-order valence-corrected chi connectivity index (χ2v) is 8.65. The van der Waals surface area contributed by atoms with Gasteiger partial charge in [-0.15, -0.1) is 0 Å². The monoisotopic (exact) mass is 378 g/mol. The first kappa shape index (κ1) is 19.9. The molecular weight excluding hydrogens is 348 g/mol. The van der Waals surface area contributed by atoms with Gasteiger partial charge in [-0.3, -0.25) is 9.59 Å². The highest BCUT2D eigenvalue weighted by Crippen LogP contribution is 2.45. The Balaban J connectivity index is 1.70. The summed E-state index contributed by atoms with van der Waals surface area (Å²) in [5.41, 5.74) is -0.0959. The van der Waals surface area contributed by atoms with Crippen LogP contribution in [-0.4, -0.2) is 36.2 Å². The van der Waals surface area contributed by atoms with Crippen molar-refractivity contribution in [2.24, 2.45) is 23.7 Å². The molecule has 2 saturated carbocycles.